The molecular formula is C17H23N3O. The van der Waals surface area contributed by atoms with Gasteiger partial charge in [0, 0.05) is 13.5 Å². The summed E-state index contributed by atoms with van der Waals surface area (Å²) in [4.78, 5) is 7.98. The lowest BCUT2D eigenvalue weighted by atomic mass is 10.1. The van der Waals surface area contributed by atoms with Crippen molar-refractivity contribution in [2.75, 3.05) is 26.8 Å². The second-order valence-electron chi connectivity index (χ2n) is 5.75. The molecule has 1 aliphatic rings. The first-order valence-electron chi connectivity index (χ1n) is 7.68. The van der Waals surface area contributed by atoms with E-state index in [1.807, 2.05) is 6.20 Å². The molecule has 1 atom stereocenters. The number of aromatic nitrogens is 2. The van der Waals surface area contributed by atoms with Gasteiger partial charge < -0.3 is 15.0 Å². The molecule has 1 fully saturated rings. The van der Waals surface area contributed by atoms with Crippen LogP contribution in [0.1, 0.15) is 17.8 Å². The summed E-state index contributed by atoms with van der Waals surface area (Å²) in [5.41, 5.74) is 3.60. The highest BCUT2D eigenvalue weighted by Gasteiger charge is 2.16. The number of imidazole rings is 1. The molecule has 21 heavy (non-hydrogen) atoms. The number of rotatable bonds is 6. The molecule has 0 amide bonds. The Labute approximate surface area is 125 Å². The molecule has 1 aromatic heterocycles. The molecule has 1 aromatic carbocycles. The SMILES string of the molecule is COCCc1ccc(-c2cnc(CC3CCNC3)[nH]2)cc1. The zero-order valence-corrected chi connectivity index (χ0v) is 12.6. The summed E-state index contributed by atoms with van der Waals surface area (Å²) in [5, 5.41) is 3.40. The zero-order valence-electron chi connectivity index (χ0n) is 12.6. The fourth-order valence-corrected chi connectivity index (χ4v) is 2.85. The Bertz CT molecular complexity index is 556. The van der Waals surface area contributed by atoms with Crippen LogP contribution in [0.15, 0.2) is 30.5 Å². The smallest absolute Gasteiger partial charge is 0.106 e. The number of methoxy groups -OCH3 is 1. The number of hydrogen-bond acceptors (Lipinski definition) is 3. The van der Waals surface area contributed by atoms with Crippen LogP contribution in [0, 0.1) is 5.92 Å². The number of nitrogens with one attached hydrogen (secondary N) is 2. The number of benzene rings is 1. The van der Waals surface area contributed by atoms with Crippen molar-refractivity contribution in [3.63, 3.8) is 0 Å². The number of aromatic amines is 1. The standard InChI is InChI=1S/C17H23N3O/c1-21-9-7-13-2-4-15(5-3-13)16-12-19-17(20-16)10-14-6-8-18-11-14/h2-5,12,14,18H,6-11H2,1H3,(H,19,20). The van der Waals surface area contributed by atoms with Gasteiger partial charge >= 0.3 is 0 Å². The molecule has 4 nitrogen and oxygen atoms in total. The second kappa shape index (κ2) is 6.87. The topological polar surface area (TPSA) is 49.9 Å². The maximum absolute atomic E-state index is 5.11. The lowest BCUT2D eigenvalue weighted by Crippen LogP contribution is -2.11. The van der Waals surface area contributed by atoms with Crippen molar-refractivity contribution < 1.29 is 4.74 Å². The monoisotopic (exact) mass is 285 g/mol. The van der Waals surface area contributed by atoms with Crippen LogP contribution < -0.4 is 5.32 Å². The number of ether oxygens (including phenoxy) is 1. The van der Waals surface area contributed by atoms with Crippen LogP contribution in [0.5, 0.6) is 0 Å². The Morgan fingerprint density at radius 1 is 1.29 bits per heavy atom. The van der Waals surface area contributed by atoms with E-state index in [1.54, 1.807) is 7.11 Å². The molecule has 4 heteroatoms. The highest BCUT2D eigenvalue weighted by molar-refractivity contribution is 5.58. The van der Waals surface area contributed by atoms with E-state index in [-0.39, 0.29) is 0 Å². The molecule has 3 rings (SSSR count). The lowest BCUT2D eigenvalue weighted by Gasteiger charge is -2.05. The van der Waals surface area contributed by atoms with Crippen molar-refractivity contribution in [3.05, 3.63) is 41.9 Å². The van der Waals surface area contributed by atoms with E-state index >= 15 is 0 Å². The molecule has 1 unspecified atom stereocenters. The Hall–Kier alpha value is -1.65. The van der Waals surface area contributed by atoms with Gasteiger partial charge in [-0.25, -0.2) is 4.98 Å². The van der Waals surface area contributed by atoms with Crippen molar-refractivity contribution in [1.82, 2.24) is 15.3 Å². The molecule has 0 radical (unpaired) electrons. The van der Waals surface area contributed by atoms with Gasteiger partial charge in [0.15, 0.2) is 0 Å². The lowest BCUT2D eigenvalue weighted by molar-refractivity contribution is 0.202. The van der Waals surface area contributed by atoms with Gasteiger partial charge in [-0.2, -0.15) is 0 Å². The molecule has 2 heterocycles. The molecule has 0 spiro atoms. The van der Waals surface area contributed by atoms with Gasteiger partial charge in [-0.1, -0.05) is 24.3 Å². The molecule has 1 saturated heterocycles. The third kappa shape index (κ3) is 3.71. The first-order chi connectivity index (χ1) is 10.3. The molecule has 1 aliphatic heterocycles. The fourth-order valence-electron chi connectivity index (χ4n) is 2.85. The van der Waals surface area contributed by atoms with Crippen LogP contribution in [0.3, 0.4) is 0 Å². The minimum Gasteiger partial charge on any atom is -0.384 e. The summed E-state index contributed by atoms with van der Waals surface area (Å²) >= 11 is 0. The third-order valence-corrected chi connectivity index (χ3v) is 4.13. The van der Waals surface area contributed by atoms with Gasteiger partial charge in [0.2, 0.25) is 0 Å². The predicted octanol–water partition coefficient (Wildman–Crippen LogP) is 2.42. The van der Waals surface area contributed by atoms with E-state index in [9.17, 15) is 0 Å². The summed E-state index contributed by atoms with van der Waals surface area (Å²) in [6.45, 7) is 3.02. The normalized spacial score (nSPS) is 18.2. The minimum absolute atomic E-state index is 0.723. The highest BCUT2D eigenvalue weighted by Crippen LogP contribution is 2.20. The van der Waals surface area contributed by atoms with Gasteiger partial charge in [-0.3, -0.25) is 0 Å². The molecule has 112 valence electrons. The van der Waals surface area contributed by atoms with Gasteiger partial charge in [0.05, 0.1) is 18.5 Å². The average molecular weight is 285 g/mol. The summed E-state index contributed by atoms with van der Waals surface area (Å²) < 4.78 is 5.11. The van der Waals surface area contributed by atoms with E-state index in [1.165, 1.54) is 17.5 Å². The maximum Gasteiger partial charge on any atom is 0.106 e. The van der Waals surface area contributed by atoms with Gasteiger partial charge in [0.1, 0.15) is 5.82 Å². The summed E-state index contributed by atoms with van der Waals surface area (Å²) in [6, 6.07) is 8.63. The first-order valence-corrected chi connectivity index (χ1v) is 7.68. The van der Waals surface area contributed by atoms with Crippen LogP contribution in [0.25, 0.3) is 11.3 Å². The summed E-state index contributed by atoms with van der Waals surface area (Å²) in [7, 11) is 1.74. The molecule has 0 aliphatic carbocycles. The van der Waals surface area contributed by atoms with E-state index in [4.69, 9.17) is 4.74 Å². The average Bonchev–Trinajstić information content (AvgIpc) is 3.18. The van der Waals surface area contributed by atoms with Crippen molar-refractivity contribution in [2.45, 2.75) is 19.3 Å². The minimum atomic E-state index is 0.723. The third-order valence-electron chi connectivity index (χ3n) is 4.13. The zero-order chi connectivity index (χ0) is 14.5. The number of H-pyrrole nitrogens is 1. The quantitative estimate of drug-likeness (QED) is 0.857. The number of nitrogens with zero attached hydrogens (tertiary/aromatic N) is 1. The Balaban J connectivity index is 1.64. The van der Waals surface area contributed by atoms with Crippen LogP contribution in [-0.4, -0.2) is 36.8 Å². The largest absolute Gasteiger partial charge is 0.384 e. The highest BCUT2D eigenvalue weighted by atomic mass is 16.5. The van der Waals surface area contributed by atoms with Gasteiger partial charge in [0.25, 0.3) is 0 Å². The van der Waals surface area contributed by atoms with Crippen LogP contribution >= 0.6 is 0 Å². The van der Waals surface area contributed by atoms with Crippen LogP contribution in [0.2, 0.25) is 0 Å². The fraction of sp³-hybridized carbons (Fsp3) is 0.471. The van der Waals surface area contributed by atoms with Crippen molar-refractivity contribution in [3.8, 4) is 11.3 Å². The van der Waals surface area contributed by atoms with Crippen LogP contribution in [-0.2, 0) is 17.6 Å². The molecular weight excluding hydrogens is 262 g/mol. The van der Waals surface area contributed by atoms with Crippen LogP contribution in [0.4, 0.5) is 0 Å². The molecule has 0 bridgehead atoms. The van der Waals surface area contributed by atoms with Crippen molar-refractivity contribution in [2.24, 2.45) is 5.92 Å². The predicted molar refractivity (Wildman–Crippen MR) is 84.3 cm³/mol. The summed E-state index contributed by atoms with van der Waals surface area (Å²) in [5.74, 6) is 1.82. The Morgan fingerprint density at radius 2 is 2.14 bits per heavy atom. The van der Waals surface area contributed by atoms with Gasteiger partial charge in [-0.05, 0) is 43.0 Å². The Kier molecular flexibility index (Phi) is 4.68. The first kappa shape index (κ1) is 14.3. The maximum atomic E-state index is 5.11. The van der Waals surface area contributed by atoms with Crippen molar-refractivity contribution in [1.29, 1.82) is 0 Å². The second-order valence-corrected chi connectivity index (χ2v) is 5.75. The molecule has 0 saturated carbocycles. The van der Waals surface area contributed by atoms with E-state index in [2.05, 4.69) is 39.6 Å². The molecule has 2 N–H and O–H groups in total. The van der Waals surface area contributed by atoms with E-state index in [0.29, 0.717) is 0 Å². The number of hydrogen-bond donors (Lipinski definition) is 2. The molecule has 2 aromatic rings. The van der Waals surface area contributed by atoms with E-state index in [0.717, 1.165) is 50.0 Å². The summed E-state index contributed by atoms with van der Waals surface area (Å²) in [6.07, 6.45) is 5.20. The van der Waals surface area contributed by atoms with Crippen molar-refractivity contribution >= 4 is 0 Å². The Morgan fingerprint density at radius 3 is 2.86 bits per heavy atom. The van der Waals surface area contributed by atoms with Gasteiger partial charge in [-0.15, -0.1) is 0 Å². The van der Waals surface area contributed by atoms with E-state index < -0.39 is 0 Å².